The molecule has 1 aromatic carbocycles. The van der Waals surface area contributed by atoms with E-state index in [1.807, 2.05) is 32.0 Å². The van der Waals surface area contributed by atoms with Gasteiger partial charge < -0.3 is 20.1 Å². The molecular formula is C15H24N2O3. The Morgan fingerprint density at radius 3 is 2.50 bits per heavy atom. The maximum atomic E-state index is 11.1. The van der Waals surface area contributed by atoms with Crippen molar-refractivity contribution in [2.45, 2.75) is 26.7 Å². The Bertz CT molecular complexity index is 422. The molecule has 1 rings (SSSR count). The van der Waals surface area contributed by atoms with Gasteiger partial charge in [0.1, 0.15) is 0 Å². The van der Waals surface area contributed by atoms with Crippen molar-refractivity contribution in [1.29, 1.82) is 0 Å². The molecule has 0 aliphatic rings. The van der Waals surface area contributed by atoms with Gasteiger partial charge in [0.2, 0.25) is 5.91 Å². The van der Waals surface area contributed by atoms with Crippen LogP contribution >= 0.6 is 0 Å². The Balaban J connectivity index is 2.53. The molecule has 0 aliphatic heterocycles. The smallest absolute Gasteiger partial charge is 0.219 e. The summed E-state index contributed by atoms with van der Waals surface area (Å²) in [7, 11) is 1.65. The van der Waals surface area contributed by atoms with Crippen LogP contribution in [0.4, 0.5) is 5.69 Å². The molecule has 0 unspecified atom stereocenters. The number of carbonyl (C=O) groups is 1. The van der Waals surface area contributed by atoms with Crippen molar-refractivity contribution >= 4 is 11.6 Å². The zero-order valence-electron chi connectivity index (χ0n) is 12.5. The topological polar surface area (TPSA) is 59.6 Å². The van der Waals surface area contributed by atoms with Gasteiger partial charge in [-0.25, -0.2) is 0 Å². The number of hydrogen-bond acceptors (Lipinski definition) is 4. The Morgan fingerprint density at radius 2 is 1.85 bits per heavy atom. The minimum absolute atomic E-state index is 0.0634. The van der Waals surface area contributed by atoms with Crippen LogP contribution in [-0.2, 0) is 4.79 Å². The van der Waals surface area contributed by atoms with Crippen LogP contribution in [-0.4, -0.2) is 32.7 Å². The highest BCUT2D eigenvalue weighted by Crippen LogP contribution is 2.30. The Morgan fingerprint density at radius 1 is 1.15 bits per heavy atom. The third-order valence-electron chi connectivity index (χ3n) is 2.73. The van der Waals surface area contributed by atoms with Crippen LogP contribution < -0.4 is 20.1 Å². The third kappa shape index (κ3) is 5.38. The fourth-order valence-corrected chi connectivity index (χ4v) is 1.77. The minimum atomic E-state index is 0.0634. The summed E-state index contributed by atoms with van der Waals surface area (Å²) in [6.45, 7) is 5.84. The molecule has 1 amide bonds. The lowest BCUT2D eigenvalue weighted by Gasteiger charge is -2.13. The number of rotatable bonds is 9. The summed E-state index contributed by atoms with van der Waals surface area (Å²) in [6, 6.07) is 5.78. The monoisotopic (exact) mass is 280 g/mol. The summed E-state index contributed by atoms with van der Waals surface area (Å²) >= 11 is 0. The normalized spacial score (nSPS) is 9.95. The molecular weight excluding hydrogens is 256 g/mol. The van der Waals surface area contributed by atoms with E-state index < -0.39 is 0 Å². The molecule has 0 atom stereocenters. The lowest BCUT2D eigenvalue weighted by Crippen LogP contribution is -2.18. The van der Waals surface area contributed by atoms with E-state index in [9.17, 15) is 4.79 Å². The molecule has 0 bridgehead atoms. The SMILES string of the molecule is CCOc1ccc(NCCCC(=O)NC)cc1OCC. The standard InChI is InChI=1S/C15H24N2O3/c1-4-19-13-9-8-12(11-14(13)20-5-2)17-10-6-7-15(18)16-3/h8-9,11,17H,4-7,10H2,1-3H3,(H,16,18). The molecule has 5 nitrogen and oxygen atoms in total. The van der Waals surface area contributed by atoms with E-state index >= 15 is 0 Å². The summed E-state index contributed by atoms with van der Waals surface area (Å²) < 4.78 is 11.1. The van der Waals surface area contributed by atoms with E-state index in [1.165, 1.54) is 0 Å². The molecule has 0 aliphatic carbocycles. The molecule has 0 fully saturated rings. The molecule has 0 aromatic heterocycles. The molecule has 0 saturated carbocycles. The summed E-state index contributed by atoms with van der Waals surface area (Å²) in [6.07, 6.45) is 1.32. The highest BCUT2D eigenvalue weighted by molar-refractivity contribution is 5.75. The highest BCUT2D eigenvalue weighted by Gasteiger charge is 2.06. The molecule has 5 heteroatoms. The zero-order chi connectivity index (χ0) is 14.8. The predicted molar refractivity (Wildman–Crippen MR) is 80.6 cm³/mol. The van der Waals surface area contributed by atoms with Crippen LogP contribution in [0.1, 0.15) is 26.7 Å². The van der Waals surface area contributed by atoms with E-state index in [2.05, 4.69) is 10.6 Å². The first kappa shape index (κ1) is 16.1. The van der Waals surface area contributed by atoms with Gasteiger partial charge in [0.25, 0.3) is 0 Å². The summed E-state index contributed by atoms with van der Waals surface area (Å²) in [4.78, 5) is 11.1. The molecule has 1 aromatic rings. The zero-order valence-corrected chi connectivity index (χ0v) is 12.5. The number of ether oxygens (including phenoxy) is 2. The Labute approximate surface area is 120 Å². The first-order valence-corrected chi connectivity index (χ1v) is 7.05. The highest BCUT2D eigenvalue weighted by atomic mass is 16.5. The fourth-order valence-electron chi connectivity index (χ4n) is 1.77. The Hall–Kier alpha value is -1.91. The summed E-state index contributed by atoms with van der Waals surface area (Å²) in [5.74, 6) is 1.56. The molecule has 112 valence electrons. The summed E-state index contributed by atoms with van der Waals surface area (Å²) in [5.41, 5.74) is 0.966. The van der Waals surface area contributed by atoms with Gasteiger partial charge in [-0.2, -0.15) is 0 Å². The van der Waals surface area contributed by atoms with Crippen LogP contribution in [0.3, 0.4) is 0 Å². The molecule has 0 heterocycles. The van der Waals surface area contributed by atoms with Crippen molar-refractivity contribution in [2.75, 3.05) is 32.1 Å². The molecule has 0 saturated heterocycles. The van der Waals surface area contributed by atoms with Crippen LogP contribution in [0.2, 0.25) is 0 Å². The maximum Gasteiger partial charge on any atom is 0.219 e. The van der Waals surface area contributed by atoms with Crippen LogP contribution in [0.25, 0.3) is 0 Å². The first-order valence-electron chi connectivity index (χ1n) is 7.05. The second-order valence-corrected chi connectivity index (χ2v) is 4.23. The number of hydrogen-bond donors (Lipinski definition) is 2. The number of amides is 1. The first-order chi connectivity index (χ1) is 9.71. The fraction of sp³-hybridized carbons (Fsp3) is 0.533. The van der Waals surface area contributed by atoms with Crippen molar-refractivity contribution in [1.82, 2.24) is 5.32 Å². The lowest BCUT2D eigenvalue weighted by atomic mass is 10.2. The average molecular weight is 280 g/mol. The van der Waals surface area contributed by atoms with Gasteiger partial charge >= 0.3 is 0 Å². The van der Waals surface area contributed by atoms with Crippen molar-refractivity contribution in [3.05, 3.63) is 18.2 Å². The second kappa shape index (κ2) is 9.07. The lowest BCUT2D eigenvalue weighted by molar-refractivity contribution is -0.120. The quantitative estimate of drug-likeness (QED) is 0.682. The van der Waals surface area contributed by atoms with Gasteiger partial charge in [-0.15, -0.1) is 0 Å². The maximum absolute atomic E-state index is 11.1. The number of anilines is 1. The van der Waals surface area contributed by atoms with Gasteiger partial charge in [-0.3, -0.25) is 4.79 Å². The van der Waals surface area contributed by atoms with E-state index in [1.54, 1.807) is 7.05 Å². The molecule has 2 N–H and O–H groups in total. The number of benzene rings is 1. The molecule has 0 radical (unpaired) electrons. The van der Waals surface area contributed by atoms with Gasteiger partial charge in [-0.1, -0.05) is 0 Å². The minimum Gasteiger partial charge on any atom is -0.490 e. The molecule has 0 spiro atoms. The van der Waals surface area contributed by atoms with Crippen molar-refractivity contribution in [2.24, 2.45) is 0 Å². The van der Waals surface area contributed by atoms with E-state index in [-0.39, 0.29) is 5.91 Å². The second-order valence-electron chi connectivity index (χ2n) is 4.23. The van der Waals surface area contributed by atoms with Gasteiger partial charge in [0, 0.05) is 31.8 Å². The van der Waals surface area contributed by atoms with Crippen LogP contribution in [0, 0.1) is 0 Å². The van der Waals surface area contributed by atoms with E-state index in [4.69, 9.17) is 9.47 Å². The summed E-state index contributed by atoms with van der Waals surface area (Å²) in [5, 5.41) is 5.88. The van der Waals surface area contributed by atoms with Gasteiger partial charge in [0.05, 0.1) is 13.2 Å². The van der Waals surface area contributed by atoms with Gasteiger partial charge in [0.15, 0.2) is 11.5 Å². The van der Waals surface area contributed by atoms with Crippen molar-refractivity contribution in [3.8, 4) is 11.5 Å². The predicted octanol–water partition coefficient (Wildman–Crippen LogP) is 2.42. The Kier molecular flexibility index (Phi) is 7.32. The van der Waals surface area contributed by atoms with E-state index in [0.29, 0.717) is 19.6 Å². The van der Waals surface area contributed by atoms with Crippen molar-refractivity contribution < 1.29 is 14.3 Å². The molecule has 20 heavy (non-hydrogen) atoms. The van der Waals surface area contributed by atoms with Gasteiger partial charge in [-0.05, 0) is 32.4 Å². The third-order valence-corrected chi connectivity index (χ3v) is 2.73. The van der Waals surface area contributed by atoms with E-state index in [0.717, 1.165) is 30.2 Å². The van der Waals surface area contributed by atoms with Crippen LogP contribution in [0.5, 0.6) is 11.5 Å². The number of nitrogens with one attached hydrogen (secondary N) is 2. The largest absolute Gasteiger partial charge is 0.490 e. The average Bonchev–Trinajstić information content (AvgIpc) is 2.46. The number of carbonyl (C=O) groups excluding carboxylic acids is 1. The van der Waals surface area contributed by atoms with Crippen LogP contribution in [0.15, 0.2) is 18.2 Å². The van der Waals surface area contributed by atoms with Crippen molar-refractivity contribution in [3.63, 3.8) is 0 Å².